The smallest absolute Gasteiger partial charge is 0.0603 e. The zero-order chi connectivity index (χ0) is 10.5. The highest BCUT2D eigenvalue weighted by atomic mass is 16.3. The van der Waals surface area contributed by atoms with E-state index in [2.05, 4.69) is 26.1 Å². The topological polar surface area (TPSA) is 32.3 Å². The monoisotopic (exact) mass is 187 g/mol. The van der Waals surface area contributed by atoms with Crippen LogP contribution in [0.5, 0.6) is 0 Å². The Labute approximate surface area is 82.7 Å². The maximum Gasteiger partial charge on any atom is 0.0603 e. The maximum absolute atomic E-state index is 9.45. The second kappa shape index (κ2) is 5.61. The van der Waals surface area contributed by atoms with Crippen LogP contribution in [0.2, 0.25) is 0 Å². The molecule has 0 saturated carbocycles. The van der Waals surface area contributed by atoms with Crippen LogP contribution in [0.1, 0.15) is 41.0 Å². The first-order valence-electron chi connectivity index (χ1n) is 5.26. The van der Waals surface area contributed by atoms with Gasteiger partial charge >= 0.3 is 0 Å². The van der Waals surface area contributed by atoms with E-state index in [0.717, 1.165) is 25.4 Å². The van der Waals surface area contributed by atoms with E-state index in [9.17, 15) is 5.11 Å². The molecule has 2 N–H and O–H groups in total. The number of aliphatic hydroxyl groups is 1. The highest BCUT2D eigenvalue weighted by molar-refractivity contribution is 4.67. The van der Waals surface area contributed by atoms with Gasteiger partial charge in [-0.05, 0) is 45.2 Å². The van der Waals surface area contributed by atoms with Gasteiger partial charge in [0.25, 0.3) is 0 Å². The van der Waals surface area contributed by atoms with Crippen LogP contribution in [0.3, 0.4) is 0 Å². The van der Waals surface area contributed by atoms with Crippen molar-refractivity contribution in [1.82, 2.24) is 5.32 Å². The summed E-state index contributed by atoms with van der Waals surface area (Å²) in [5.41, 5.74) is -0.534. The first kappa shape index (κ1) is 12.9. The Balaban J connectivity index is 3.36. The molecule has 0 aliphatic heterocycles. The number of hydrogen-bond donors (Lipinski definition) is 2. The molecule has 1 unspecified atom stereocenters. The molecule has 0 aliphatic rings. The van der Waals surface area contributed by atoms with Gasteiger partial charge in [0.05, 0.1) is 5.60 Å². The molecule has 0 aromatic heterocycles. The highest BCUT2D eigenvalue weighted by Crippen LogP contribution is 2.08. The lowest BCUT2D eigenvalue weighted by atomic mass is 9.98. The minimum Gasteiger partial charge on any atom is -0.390 e. The van der Waals surface area contributed by atoms with E-state index in [1.807, 2.05) is 13.8 Å². The quantitative estimate of drug-likeness (QED) is 0.624. The van der Waals surface area contributed by atoms with Crippen LogP contribution >= 0.6 is 0 Å². The Hall–Kier alpha value is -0.0800. The fourth-order valence-electron chi connectivity index (χ4n) is 0.960. The number of rotatable bonds is 6. The van der Waals surface area contributed by atoms with Gasteiger partial charge in [0.15, 0.2) is 0 Å². The van der Waals surface area contributed by atoms with Gasteiger partial charge < -0.3 is 10.4 Å². The van der Waals surface area contributed by atoms with E-state index >= 15 is 0 Å². The Kier molecular flexibility index (Phi) is 5.57. The second-order valence-corrected chi connectivity index (χ2v) is 4.99. The van der Waals surface area contributed by atoms with E-state index in [1.54, 1.807) is 0 Å². The van der Waals surface area contributed by atoms with Crippen LogP contribution < -0.4 is 5.32 Å². The lowest BCUT2D eigenvalue weighted by Crippen LogP contribution is -2.30. The van der Waals surface area contributed by atoms with Crippen molar-refractivity contribution in [3.63, 3.8) is 0 Å². The molecule has 0 radical (unpaired) electrons. The van der Waals surface area contributed by atoms with Crippen molar-refractivity contribution in [3.8, 4) is 0 Å². The van der Waals surface area contributed by atoms with Crippen LogP contribution in [0, 0.1) is 11.8 Å². The van der Waals surface area contributed by atoms with E-state index in [-0.39, 0.29) is 0 Å². The van der Waals surface area contributed by atoms with Gasteiger partial charge in [-0.15, -0.1) is 0 Å². The number of hydrogen-bond acceptors (Lipinski definition) is 2. The summed E-state index contributed by atoms with van der Waals surface area (Å²) >= 11 is 0. The first-order valence-corrected chi connectivity index (χ1v) is 5.26. The molecule has 0 amide bonds. The van der Waals surface area contributed by atoms with Gasteiger partial charge in [0.2, 0.25) is 0 Å². The standard InChI is InChI=1S/C11H25NO/c1-9(2)10(3)8-12-7-6-11(4,5)13/h9-10,12-13H,6-8H2,1-5H3. The second-order valence-electron chi connectivity index (χ2n) is 4.99. The Morgan fingerprint density at radius 2 is 1.77 bits per heavy atom. The number of nitrogens with one attached hydrogen (secondary N) is 1. The molecule has 0 bridgehead atoms. The average Bonchev–Trinajstić information content (AvgIpc) is 1.95. The Bertz CT molecular complexity index is 127. The van der Waals surface area contributed by atoms with Gasteiger partial charge in [-0.25, -0.2) is 0 Å². The highest BCUT2D eigenvalue weighted by Gasteiger charge is 2.12. The zero-order valence-electron chi connectivity index (χ0n) is 9.72. The maximum atomic E-state index is 9.45. The summed E-state index contributed by atoms with van der Waals surface area (Å²) in [6.07, 6.45) is 0.817. The van der Waals surface area contributed by atoms with Crippen LogP contribution in [-0.2, 0) is 0 Å². The summed E-state index contributed by atoms with van der Waals surface area (Å²) < 4.78 is 0. The molecule has 13 heavy (non-hydrogen) atoms. The van der Waals surface area contributed by atoms with Crippen molar-refractivity contribution < 1.29 is 5.11 Å². The minimum atomic E-state index is -0.534. The molecule has 0 spiro atoms. The molecule has 0 aromatic carbocycles. The summed E-state index contributed by atoms with van der Waals surface area (Å²) in [5.74, 6) is 1.44. The van der Waals surface area contributed by atoms with Crippen molar-refractivity contribution in [3.05, 3.63) is 0 Å². The predicted molar refractivity (Wildman–Crippen MR) is 57.8 cm³/mol. The third-order valence-electron chi connectivity index (χ3n) is 2.52. The normalized spacial score (nSPS) is 15.0. The van der Waals surface area contributed by atoms with Gasteiger partial charge in [-0.1, -0.05) is 20.8 Å². The summed E-state index contributed by atoms with van der Waals surface area (Å²) in [4.78, 5) is 0. The Morgan fingerprint density at radius 3 is 2.15 bits per heavy atom. The van der Waals surface area contributed by atoms with Crippen molar-refractivity contribution in [2.45, 2.75) is 46.6 Å². The SMILES string of the molecule is CC(C)C(C)CNCCC(C)(C)O. The first-order chi connectivity index (χ1) is 5.83. The molecule has 0 fully saturated rings. The molecule has 0 aliphatic carbocycles. The van der Waals surface area contributed by atoms with Gasteiger partial charge in [0.1, 0.15) is 0 Å². The van der Waals surface area contributed by atoms with Crippen LogP contribution in [0.25, 0.3) is 0 Å². The van der Waals surface area contributed by atoms with E-state index in [1.165, 1.54) is 0 Å². The van der Waals surface area contributed by atoms with Gasteiger partial charge in [0, 0.05) is 0 Å². The molecule has 1 atom stereocenters. The fourth-order valence-corrected chi connectivity index (χ4v) is 0.960. The van der Waals surface area contributed by atoms with Gasteiger partial charge in [-0.2, -0.15) is 0 Å². The summed E-state index contributed by atoms with van der Waals surface area (Å²) in [7, 11) is 0. The lowest BCUT2D eigenvalue weighted by Gasteiger charge is -2.19. The molecule has 80 valence electrons. The van der Waals surface area contributed by atoms with Crippen LogP contribution in [0.4, 0.5) is 0 Å². The molecule has 0 saturated heterocycles. The molecule has 0 rings (SSSR count). The predicted octanol–water partition coefficient (Wildman–Crippen LogP) is 2.03. The van der Waals surface area contributed by atoms with Crippen molar-refractivity contribution in [2.75, 3.05) is 13.1 Å². The molecule has 0 aromatic rings. The van der Waals surface area contributed by atoms with Crippen LogP contribution in [0.15, 0.2) is 0 Å². The third kappa shape index (κ3) is 8.26. The molecular weight excluding hydrogens is 162 g/mol. The third-order valence-corrected chi connectivity index (χ3v) is 2.52. The molecular formula is C11H25NO. The van der Waals surface area contributed by atoms with Crippen molar-refractivity contribution >= 4 is 0 Å². The van der Waals surface area contributed by atoms with Crippen molar-refractivity contribution in [2.24, 2.45) is 11.8 Å². The molecule has 2 nitrogen and oxygen atoms in total. The largest absolute Gasteiger partial charge is 0.390 e. The van der Waals surface area contributed by atoms with Gasteiger partial charge in [-0.3, -0.25) is 0 Å². The molecule has 2 heteroatoms. The Morgan fingerprint density at radius 1 is 1.23 bits per heavy atom. The van der Waals surface area contributed by atoms with Crippen LogP contribution in [-0.4, -0.2) is 23.8 Å². The van der Waals surface area contributed by atoms with Crippen molar-refractivity contribution in [1.29, 1.82) is 0 Å². The summed E-state index contributed by atoms with van der Waals surface area (Å²) in [5, 5.41) is 12.8. The van der Waals surface area contributed by atoms with E-state index < -0.39 is 5.60 Å². The fraction of sp³-hybridized carbons (Fsp3) is 1.00. The zero-order valence-corrected chi connectivity index (χ0v) is 9.72. The minimum absolute atomic E-state index is 0.534. The van der Waals surface area contributed by atoms with E-state index in [4.69, 9.17) is 0 Å². The summed E-state index contributed by atoms with van der Waals surface area (Å²) in [6.45, 7) is 12.4. The lowest BCUT2D eigenvalue weighted by molar-refractivity contribution is 0.0708. The van der Waals surface area contributed by atoms with E-state index in [0.29, 0.717) is 5.92 Å². The molecule has 0 heterocycles. The summed E-state index contributed by atoms with van der Waals surface area (Å²) in [6, 6.07) is 0. The average molecular weight is 187 g/mol.